The van der Waals surface area contributed by atoms with Crippen LogP contribution in [0.3, 0.4) is 0 Å². The molecule has 1 atom stereocenters. The predicted octanol–water partition coefficient (Wildman–Crippen LogP) is 3.20. The highest BCUT2D eigenvalue weighted by molar-refractivity contribution is 5.85. The molecule has 1 unspecified atom stereocenters. The first-order chi connectivity index (χ1) is 12.6. The third-order valence-corrected chi connectivity index (χ3v) is 5.03. The molecule has 1 aliphatic heterocycles. The highest BCUT2D eigenvalue weighted by atomic mass is 19.4. The van der Waals surface area contributed by atoms with Gasteiger partial charge in [0.15, 0.2) is 0 Å². The first kappa shape index (κ1) is 19.4. The summed E-state index contributed by atoms with van der Waals surface area (Å²) in [4.78, 5) is 13.2. The minimum absolute atomic E-state index is 0.0753. The Kier molecular flexibility index (Phi) is 5.03. The lowest BCUT2D eigenvalue weighted by molar-refractivity contribution is -0.250. The Bertz CT molecular complexity index is 807. The Labute approximate surface area is 155 Å². The van der Waals surface area contributed by atoms with Gasteiger partial charge in [-0.05, 0) is 44.9 Å². The average Bonchev–Trinajstić information content (AvgIpc) is 3.03. The second-order valence-corrected chi connectivity index (χ2v) is 7.09. The van der Waals surface area contributed by atoms with Crippen LogP contribution in [-0.2, 0) is 4.79 Å². The van der Waals surface area contributed by atoms with Gasteiger partial charge in [0.25, 0.3) is 5.91 Å². The van der Waals surface area contributed by atoms with Gasteiger partial charge in [0.05, 0.1) is 11.4 Å². The van der Waals surface area contributed by atoms with Crippen LogP contribution in [0.25, 0.3) is 5.69 Å². The molecule has 1 N–H and O–H groups in total. The van der Waals surface area contributed by atoms with Crippen molar-refractivity contribution in [3.05, 3.63) is 47.8 Å². The summed E-state index contributed by atoms with van der Waals surface area (Å²) < 4.78 is 40.6. The number of carbonyl (C=O) groups excluding carboxylic acids is 1. The maximum atomic E-state index is 12.9. The number of para-hydroxylation sites is 1. The van der Waals surface area contributed by atoms with E-state index in [0.717, 1.165) is 22.0 Å². The Morgan fingerprint density at radius 3 is 2.33 bits per heavy atom. The fourth-order valence-corrected chi connectivity index (χ4v) is 3.39. The van der Waals surface area contributed by atoms with Crippen molar-refractivity contribution in [1.82, 2.24) is 14.7 Å². The smallest absolute Gasteiger partial charge is 0.373 e. The van der Waals surface area contributed by atoms with Gasteiger partial charge in [-0.25, -0.2) is 4.68 Å². The number of hydrogen-bond acceptors (Lipinski definition) is 3. The Balaban J connectivity index is 1.75. The van der Waals surface area contributed by atoms with Gasteiger partial charge in [-0.3, -0.25) is 4.79 Å². The summed E-state index contributed by atoms with van der Waals surface area (Å²) in [6, 6.07) is 11.6. The van der Waals surface area contributed by atoms with Gasteiger partial charge in [-0.1, -0.05) is 18.2 Å². The summed E-state index contributed by atoms with van der Waals surface area (Å²) in [5.74, 6) is -1.22. The van der Waals surface area contributed by atoms with Crippen molar-refractivity contribution in [2.75, 3.05) is 13.1 Å². The lowest BCUT2D eigenvalue weighted by atomic mass is 9.91. The number of carbonyl (C=O) groups is 1. The van der Waals surface area contributed by atoms with Crippen molar-refractivity contribution in [3.63, 3.8) is 0 Å². The number of aromatic nitrogens is 2. The van der Waals surface area contributed by atoms with E-state index in [0.29, 0.717) is 19.8 Å². The molecule has 0 bridgehead atoms. The van der Waals surface area contributed by atoms with Crippen molar-refractivity contribution in [2.45, 2.75) is 44.4 Å². The zero-order chi connectivity index (χ0) is 19.8. The molecule has 0 radical (unpaired) electrons. The molecular formula is C19H22F3N3O2. The molecule has 3 rings (SSSR count). The van der Waals surface area contributed by atoms with E-state index in [-0.39, 0.29) is 19.0 Å². The minimum Gasteiger partial charge on any atom is -0.373 e. The quantitative estimate of drug-likeness (QED) is 0.888. The SMILES string of the molecule is Cc1cc(C2CCN(C(=O)C(C)(O)C(F)(F)F)CC2)n(-c2ccccc2)n1. The van der Waals surface area contributed by atoms with E-state index in [4.69, 9.17) is 0 Å². The summed E-state index contributed by atoms with van der Waals surface area (Å²) in [5.41, 5.74) is -0.609. The van der Waals surface area contributed by atoms with Crippen LogP contribution in [0.4, 0.5) is 13.2 Å². The van der Waals surface area contributed by atoms with Crippen LogP contribution in [-0.4, -0.2) is 50.6 Å². The number of halogens is 3. The number of benzene rings is 1. The topological polar surface area (TPSA) is 58.4 Å². The molecular weight excluding hydrogens is 359 g/mol. The number of piperidine rings is 1. The van der Waals surface area contributed by atoms with Crippen LogP contribution in [0, 0.1) is 6.92 Å². The van der Waals surface area contributed by atoms with Crippen molar-refractivity contribution < 1.29 is 23.1 Å². The molecule has 2 heterocycles. The minimum atomic E-state index is -5.00. The molecule has 1 aliphatic rings. The number of rotatable bonds is 3. The first-order valence-corrected chi connectivity index (χ1v) is 8.81. The molecule has 146 valence electrons. The zero-order valence-corrected chi connectivity index (χ0v) is 15.2. The Morgan fingerprint density at radius 1 is 1.19 bits per heavy atom. The molecule has 0 aliphatic carbocycles. The molecule has 27 heavy (non-hydrogen) atoms. The first-order valence-electron chi connectivity index (χ1n) is 8.81. The third kappa shape index (κ3) is 3.71. The summed E-state index contributed by atoms with van der Waals surface area (Å²) in [6.45, 7) is 2.72. The van der Waals surface area contributed by atoms with Gasteiger partial charge in [-0.2, -0.15) is 18.3 Å². The normalized spacial score (nSPS) is 18.4. The van der Waals surface area contributed by atoms with E-state index in [2.05, 4.69) is 5.10 Å². The summed E-state index contributed by atoms with van der Waals surface area (Å²) in [7, 11) is 0. The zero-order valence-electron chi connectivity index (χ0n) is 15.2. The van der Waals surface area contributed by atoms with E-state index in [1.54, 1.807) is 0 Å². The fraction of sp³-hybridized carbons (Fsp3) is 0.474. The molecule has 0 saturated carbocycles. The fourth-order valence-electron chi connectivity index (χ4n) is 3.39. The van der Waals surface area contributed by atoms with Crippen LogP contribution in [0.5, 0.6) is 0 Å². The van der Waals surface area contributed by atoms with Crippen LogP contribution in [0.2, 0.25) is 0 Å². The molecule has 2 aromatic rings. The van der Waals surface area contributed by atoms with E-state index in [1.807, 2.05) is 48.0 Å². The molecule has 5 nitrogen and oxygen atoms in total. The maximum Gasteiger partial charge on any atom is 0.426 e. The summed E-state index contributed by atoms with van der Waals surface area (Å²) in [5, 5.41) is 14.1. The van der Waals surface area contributed by atoms with Gasteiger partial charge in [0, 0.05) is 24.7 Å². The second-order valence-electron chi connectivity index (χ2n) is 7.09. The van der Waals surface area contributed by atoms with Crippen LogP contribution in [0.1, 0.15) is 37.1 Å². The largest absolute Gasteiger partial charge is 0.426 e. The number of nitrogens with zero attached hydrogens (tertiary/aromatic N) is 3. The molecule has 1 saturated heterocycles. The van der Waals surface area contributed by atoms with E-state index < -0.39 is 17.7 Å². The van der Waals surface area contributed by atoms with Gasteiger partial charge in [-0.15, -0.1) is 0 Å². The number of alkyl halides is 3. The van der Waals surface area contributed by atoms with Gasteiger partial charge in [0.1, 0.15) is 0 Å². The monoisotopic (exact) mass is 381 g/mol. The van der Waals surface area contributed by atoms with Gasteiger partial charge < -0.3 is 10.0 Å². The van der Waals surface area contributed by atoms with Crippen molar-refractivity contribution in [1.29, 1.82) is 0 Å². The molecule has 8 heteroatoms. The van der Waals surface area contributed by atoms with Crippen LogP contribution >= 0.6 is 0 Å². The second kappa shape index (κ2) is 6.99. The summed E-state index contributed by atoms with van der Waals surface area (Å²) >= 11 is 0. The van der Waals surface area contributed by atoms with Crippen molar-refractivity contribution >= 4 is 5.91 Å². The van der Waals surface area contributed by atoms with E-state index in [9.17, 15) is 23.1 Å². The van der Waals surface area contributed by atoms with E-state index >= 15 is 0 Å². The lowest BCUT2D eigenvalue weighted by Crippen LogP contribution is -2.57. The highest BCUT2D eigenvalue weighted by Crippen LogP contribution is 2.35. The number of aryl methyl sites for hydroxylation is 1. The van der Waals surface area contributed by atoms with Crippen molar-refractivity contribution in [3.8, 4) is 5.69 Å². The number of amides is 1. The molecule has 1 fully saturated rings. The molecule has 1 aromatic carbocycles. The standard InChI is InChI=1S/C19H22F3N3O2/c1-13-12-16(25(23-13)15-6-4-3-5-7-15)14-8-10-24(11-9-14)17(26)18(2,27)19(20,21)22/h3-7,12,14,27H,8-11H2,1-2H3. The van der Waals surface area contributed by atoms with Crippen LogP contribution in [0.15, 0.2) is 36.4 Å². The number of aliphatic hydroxyl groups is 1. The predicted molar refractivity (Wildman–Crippen MR) is 93.5 cm³/mol. The third-order valence-electron chi connectivity index (χ3n) is 5.03. The number of hydrogen-bond donors (Lipinski definition) is 1. The summed E-state index contributed by atoms with van der Waals surface area (Å²) in [6.07, 6.45) is -3.97. The van der Waals surface area contributed by atoms with Crippen molar-refractivity contribution in [2.24, 2.45) is 0 Å². The molecule has 1 amide bonds. The van der Waals surface area contributed by atoms with Crippen LogP contribution < -0.4 is 0 Å². The maximum absolute atomic E-state index is 12.9. The van der Waals surface area contributed by atoms with E-state index in [1.165, 1.54) is 0 Å². The lowest BCUT2D eigenvalue weighted by Gasteiger charge is -2.36. The van der Waals surface area contributed by atoms with Gasteiger partial charge >= 0.3 is 6.18 Å². The molecule has 0 spiro atoms. The molecule has 1 aromatic heterocycles. The Hall–Kier alpha value is -2.35. The average molecular weight is 381 g/mol. The Morgan fingerprint density at radius 2 is 1.78 bits per heavy atom. The number of likely N-dealkylation sites (tertiary alicyclic amines) is 1. The highest BCUT2D eigenvalue weighted by Gasteiger charge is 2.57. The van der Waals surface area contributed by atoms with Gasteiger partial charge in [0.2, 0.25) is 5.60 Å².